The molecule has 2 aromatic heterocycles. The molecule has 206 valence electrons. The van der Waals surface area contributed by atoms with Gasteiger partial charge in [0, 0.05) is 29.0 Å². The van der Waals surface area contributed by atoms with Crippen LogP contribution in [0.5, 0.6) is 17.2 Å². The Morgan fingerprint density at radius 3 is 2.12 bits per heavy atom. The van der Waals surface area contributed by atoms with Crippen LogP contribution in [-0.4, -0.2) is 21.8 Å². The van der Waals surface area contributed by atoms with E-state index in [-0.39, 0.29) is 12.1 Å². The van der Waals surface area contributed by atoms with Crippen LogP contribution in [0.25, 0.3) is 5.69 Å². The van der Waals surface area contributed by atoms with Gasteiger partial charge in [0.25, 0.3) is 0 Å². The maximum Gasteiger partial charge on any atom is 0.174 e. The minimum atomic E-state index is -0.121. The number of benzene rings is 3. The van der Waals surface area contributed by atoms with E-state index in [9.17, 15) is 0 Å². The smallest absolute Gasteiger partial charge is 0.174 e. The van der Waals surface area contributed by atoms with Gasteiger partial charge in [-0.25, -0.2) is 0 Å². The zero-order chi connectivity index (χ0) is 28.5. The highest BCUT2D eigenvalue weighted by molar-refractivity contribution is 7.80. The first-order valence-electron chi connectivity index (χ1n) is 13.6. The molecule has 5 aromatic rings. The van der Waals surface area contributed by atoms with E-state index < -0.39 is 0 Å². The minimum Gasteiger partial charge on any atom is -0.497 e. The summed E-state index contributed by atoms with van der Waals surface area (Å²) in [6.07, 6.45) is 1.84. The first-order valence-corrected chi connectivity index (χ1v) is 14.0. The number of thiocarbonyl (C=S) groups is 1. The second kappa shape index (κ2) is 11.1. The highest BCUT2D eigenvalue weighted by Crippen LogP contribution is 2.44. The van der Waals surface area contributed by atoms with E-state index in [0.29, 0.717) is 5.11 Å². The van der Waals surface area contributed by atoms with Crippen molar-refractivity contribution in [1.82, 2.24) is 14.9 Å². The zero-order valence-electron chi connectivity index (χ0n) is 23.5. The van der Waals surface area contributed by atoms with Gasteiger partial charge in [-0.15, -0.1) is 0 Å². The predicted molar refractivity (Wildman–Crippen MR) is 167 cm³/mol. The molecule has 7 heteroatoms. The van der Waals surface area contributed by atoms with Crippen LogP contribution in [0, 0.1) is 20.8 Å². The number of para-hydroxylation sites is 1. The summed E-state index contributed by atoms with van der Waals surface area (Å²) in [6, 6.07) is 32.2. The number of pyridine rings is 1. The molecule has 0 spiro atoms. The van der Waals surface area contributed by atoms with Gasteiger partial charge in [-0.05, 0) is 117 Å². The lowest BCUT2D eigenvalue weighted by atomic mass is 9.96. The molecule has 0 radical (unpaired) electrons. The van der Waals surface area contributed by atoms with Gasteiger partial charge in [0.15, 0.2) is 5.11 Å². The topological polar surface area (TPSA) is 51.6 Å². The van der Waals surface area contributed by atoms with Crippen molar-refractivity contribution in [2.75, 3.05) is 12.0 Å². The molecule has 0 aliphatic carbocycles. The van der Waals surface area contributed by atoms with Gasteiger partial charge in [0.05, 0.1) is 24.9 Å². The number of nitrogens with zero attached hydrogens (tertiary/aromatic N) is 3. The number of hydrogen-bond donors (Lipinski definition) is 1. The van der Waals surface area contributed by atoms with Crippen LogP contribution in [0.1, 0.15) is 40.3 Å². The Balaban J connectivity index is 1.39. The summed E-state index contributed by atoms with van der Waals surface area (Å²) in [4.78, 5) is 6.92. The van der Waals surface area contributed by atoms with Gasteiger partial charge in [-0.2, -0.15) is 0 Å². The molecule has 1 fully saturated rings. The third kappa shape index (κ3) is 5.05. The number of nitrogens with one attached hydrogen (secondary N) is 1. The Kier molecular flexibility index (Phi) is 7.20. The standard InChI is InChI=1S/C34H32N4O2S/c1-22-9-5-6-11-31(22)37-23(2)21-29(24(37)3)33-32(30-10-7-8-20-35-30)36-34(41)38(33)25-12-14-27(15-13-25)40-28-18-16-26(39-4)17-19-28/h5-21,32-33H,1-4H3,(H,36,41)/t32-,33-/m1/s1. The summed E-state index contributed by atoms with van der Waals surface area (Å²) in [5.74, 6) is 2.28. The highest BCUT2D eigenvalue weighted by Gasteiger charge is 2.42. The Morgan fingerprint density at radius 1 is 0.805 bits per heavy atom. The predicted octanol–water partition coefficient (Wildman–Crippen LogP) is 7.78. The highest BCUT2D eigenvalue weighted by atomic mass is 32.1. The molecule has 1 saturated heterocycles. The summed E-state index contributed by atoms with van der Waals surface area (Å²) < 4.78 is 13.7. The molecule has 2 atom stereocenters. The van der Waals surface area contributed by atoms with Crippen LogP contribution in [0.4, 0.5) is 5.69 Å². The number of aryl methyl sites for hydroxylation is 2. The first kappa shape index (κ1) is 26.6. The maximum atomic E-state index is 6.09. The SMILES string of the molecule is COc1ccc(Oc2ccc(N3C(=S)N[C@H](c4ccccn4)[C@H]3c3cc(C)n(-c4ccccc4C)c3C)cc2)cc1. The van der Waals surface area contributed by atoms with Gasteiger partial charge in [-0.1, -0.05) is 24.3 Å². The van der Waals surface area contributed by atoms with Crippen molar-refractivity contribution < 1.29 is 9.47 Å². The molecule has 1 aliphatic rings. The molecule has 1 aliphatic heterocycles. The van der Waals surface area contributed by atoms with Gasteiger partial charge < -0.3 is 24.3 Å². The largest absolute Gasteiger partial charge is 0.497 e. The number of ether oxygens (including phenoxy) is 2. The fourth-order valence-corrected chi connectivity index (χ4v) is 6.02. The number of aromatic nitrogens is 2. The van der Waals surface area contributed by atoms with Crippen LogP contribution >= 0.6 is 12.2 Å². The van der Waals surface area contributed by atoms with E-state index in [4.69, 9.17) is 26.7 Å². The molecule has 3 heterocycles. The number of hydrogen-bond acceptors (Lipinski definition) is 4. The Labute approximate surface area is 246 Å². The average molecular weight is 561 g/mol. The van der Waals surface area contributed by atoms with Gasteiger partial charge >= 0.3 is 0 Å². The molecule has 0 unspecified atom stereocenters. The van der Waals surface area contributed by atoms with E-state index in [1.54, 1.807) is 7.11 Å². The number of methoxy groups -OCH3 is 1. The second-order valence-electron chi connectivity index (χ2n) is 10.2. The lowest BCUT2D eigenvalue weighted by Crippen LogP contribution is -2.29. The van der Waals surface area contributed by atoms with Crippen LogP contribution in [0.3, 0.4) is 0 Å². The van der Waals surface area contributed by atoms with Gasteiger partial charge in [0.1, 0.15) is 17.2 Å². The van der Waals surface area contributed by atoms with Gasteiger partial charge in [0.2, 0.25) is 0 Å². The van der Waals surface area contributed by atoms with Crippen molar-refractivity contribution in [2.24, 2.45) is 0 Å². The first-order chi connectivity index (χ1) is 19.9. The summed E-state index contributed by atoms with van der Waals surface area (Å²) in [5.41, 5.74) is 7.89. The number of rotatable bonds is 7. The van der Waals surface area contributed by atoms with Crippen molar-refractivity contribution >= 4 is 23.0 Å². The summed E-state index contributed by atoms with van der Waals surface area (Å²) in [6.45, 7) is 6.50. The molecule has 1 N–H and O–H groups in total. The monoisotopic (exact) mass is 560 g/mol. The molecular formula is C34H32N4O2S. The fraction of sp³-hybridized carbons (Fsp3) is 0.176. The van der Waals surface area contributed by atoms with Crippen molar-refractivity contribution in [3.63, 3.8) is 0 Å². The molecule has 3 aromatic carbocycles. The fourth-order valence-electron chi connectivity index (χ4n) is 5.68. The molecule has 6 rings (SSSR count). The normalized spacial score (nSPS) is 16.5. The van der Waals surface area contributed by atoms with Crippen molar-refractivity contribution in [3.05, 3.63) is 131 Å². The molecular weight excluding hydrogens is 528 g/mol. The molecule has 41 heavy (non-hydrogen) atoms. The van der Waals surface area contributed by atoms with Crippen LogP contribution < -0.4 is 19.7 Å². The third-order valence-electron chi connectivity index (χ3n) is 7.65. The lowest BCUT2D eigenvalue weighted by molar-refractivity contribution is 0.413. The van der Waals surface area contributed by atoms with E-state index in [1.165, 1.54) is 28.2 Å². The third-order valence-corrected chi connectivity index (χ3v) is 7.97. The number of anilines is 1. The Morgan fingerprint density at radius 2 is 1.46 bits per heavy atom. The van der Waals surface area contributed by atoms with E-state index in [1.807, 2.05) is 54.7 Å². The van der Waals surface area contributed by atoms with E-state index >= 15 is 0 Å². The lowest BCUT2D eigenvalue weighted by Gasteiger charge is -2.28. The van der Waals surface area contributed by atoms with Crippen molar-refractivity contribution in [1.29, 1.82) is 0 Å². The Hall–Kier alpha value is -4.62. The molecule has 0 bridgehead atoms. The van der Waals surface area contributed by atoms with Crippen molar-refractivity contribution in [2.45, 2.75) is 32.9 Å². The van der Waals surface area contributed by atoms with Crippen LogP contribution in [0.15, 0.2) is 103 Å². The Bertz CT molecular complexity index is 1680. The van der Waals surface area contributed by atoms with Crippen LogP contribution in [-0.2, 0) is 0 Å². The summed E-state index contributed by atoms with van der Waals surface area (Å²) >= 11 is 5.97. The maximum absolute atomic E-state index is 6.09. The summed E-state index contributed by atoms with van der Waals surface area (Å²) in [5, 5.41) is 4.24. The summed E-state index contributed by atoms with van der Waals surface area (Å²) in [7, 11) is 1.65. The van der Waals surface area contributed by atoms with E-state index in [0.717, 1.165) is 28.6 Å². The molecule has 0 amide bonds. The van der Waals surface area contributed by atoms with E-state index in [2.05, 4.69) is 84.1 Å². The zero-order valence-corrected chi connectivity index (χ0v) is 24.4. The van der Waals surface area contributed by atoms with Crippen molar-refractivity contribution in [3.8, 4) is 22.9 Å². The van der Waals surface area contributed by atoms with Gasteiger partial charge in [-0.3, -0.25) is 4.98 Å². The minimum absolute atomic E-state index is 0.102. The second-order valence-corrected chi connectivity index (χ2v) is 10.6. The quantitative estimate of drug-likeness (QED) is 0.205. The molecule has 0 saturated carbocycles. The molecule has 6 nitrogen and oxygen atoms in total. The average Bonchev–Trinajstić information content (AvgIpc) is 3.49. The van der Waals surface area contributed by atoms with Crippen LogP contribution in [0.2, 0.25) is 0 Å².